The van der Waals surface area contributed by atoms with E-state index in [2.05, 4.69) is 0 Å². The third-order valence-corrected chi connectivity index (χ3v) is 8.95. The van der Waals surface area contributed by atoms with E-state index in [4.69, 9.17) is 18.1 Å². The van der Waals surface area contributed by atoms with Crippen molar-refractivity contribution in [1.29, 1.82) is 0 Å². The summed E-state index contributed by atoms with van der Waals surface area (Å²) in [6, 6.07) is 9.49. The van der Waals surface area contributed by atoms with Gasteiger partial charge in [0.05, 0.1) is 26.4 Å². The highest BCUT2D eigenvalue weighted by Gasteiger charge is 2.44. The number of hydrogen-bond acceptors (Lipinski definition) is 8. The number of rotatable bonds is 13. The molecular weight excluding hydrogens is 440 g/mol. The molecule has 0 amide bonds. The number of hydrogen-bond donors (Lipinski definition) is 0. The minimum absolute atomic E-state index is 0.130. The molecule has 1 aliphatic rings. The minimum atomic E-state index is -3.78. The molecule has 1 aliphatic heterocycles. The Bertz CT molecular complexity index is 865. The molecule has 10 heteroatoms. The number of aldehydes is 1. The Morgan fingerprint density at radius 1 is 0.903 bits per heavy atom. The van der Waals surface area contributed by atoms with Gasteiger partial charge < -0.3 is 23.0 Å². The minimum Gasteiger partial charge on any atom is -0.337 e. The fraction of sp³-hybridized carbons (Fsp3) is 0.476. The van der Waals surface area contributed by atoms with Gasteiger partial charge in [0, 0.05) is 18.3 Å². The summed E-state index contributed by atoms with van der Waals surface area (Å²) in [4.78, 5) is 13.6. The number of allylic oxidation sites excluding steroid dienone is 2. The van der Waals surface area contributed by atoms with Crippen LogP contribution in [0, 0.1) is 0 Å². The Balaban J connectivity index is 2.62. The van der Waals surface area contributed by atoms with Crippen LogP contribution in [0.1, 0.15) is 33.3 Å². The average molecular weight is 471 g/mol. The maximum Gasteiger partial charge on any atom is 0.377 e. The van der Waals surface area contributed by atoms with Gasteiger partial charge in [-0.05, 0) is 39.3 Å². The first-order chi connectivity index (χ1) is 14.9. The molecule has 1 heterocycles. The molecule has 0 aromatic heterocycles. The van der Waals surface area contributed by atoms with Gasteiger partial charge in [-0.3, -0.25) is 13.9 Å². The van der Waals surface area contributed by atoms with Crippen molar-refractivity contribution in [1.82, 2.24) is 4.90 Å². The molecule has 0 fully saturated rings. The van der Waals surface area contributed by atoms with Crippen LogP contribution in [-0.4, -0.2) is 43.3 Å². The molecule has 172 valence electrons. The van der Waals surface area contributed by atoms with E-state index < -0.39 is 20.9 Å². The molecule has 1 atom stereocenters. The van der Waals surface area contributed by atoms with Crippen molar-refractivity contribution in [2.45, 2.75) is 39.9 Å². The van der Waals surface area contributed by atoms with Gasteiger partial charge in [-0.25, -0.2) is 0 Å². The van der Waals surface area contributed by atoms with E-state index in [1.54, 1.807) is 32.6 Å². The molecule has 0 spiro atoms. The zero-order chi connectivity index (χ0) is 22.9. The number of nitrogens with zero attached hydrogens (tertiary/aromatic N) is 1. The van der Waals surface area contributed by atoms with Crippen LogP contribution in [0.15, 0.2) is 53.6 Å². The lowest BCUT2D eigenvalue weighted by atomic mass is 10.1. The molecule has 31 heavy (non-hydrogen) atoms. The summed E-state index contributed by atoms with van der Waals surface area (Å²) < 4.78 is 49.3. The van der Waals surface area contributed by atoms with Crippen LogP contribution in [0.25, 0.3) is 0 Å². The molecule has 0 bridgehead atoms. The van der Waals surface area contributed by atoms with Crippen LogP contribution >= 0.6 is 15.2 Å². The highest BCUT2D eigenvalue weighted by Crippen LogP contribution is 2.63. The molecular formula is C21H31NO7P2. The zero-order valence-corrected chi connectivity index (χ0v) is 20.2. The second kappa shape index (κ2) is 11.9. The van der Waals surface area contributed by atoms with E-state index >= 15 is 0 Å². The van der Waals surface area contributed by atoms with Crippen molar-refractivity contribution in [3.05, 3.63) is 59.2 Å². The van der Waals surface area contributed by atoms with E-state index in [1.165, 1.54) is 12.3 Å². The number of carbonyl (C=O) groups is 1. The van der Waals surface area contributed by atoms with Crippen molar-refractivity contribution in [3.8, 4) is 0 Å². The topological polar surface area (TPSA) is 91.4 Å². The van der Waals surface area contributed by atoms with Gasteiger partial charge in [-0.15, -0.1) is 0 Å². The summed E-state index contributed by atoms with van der Waals surface area (Å²) >= 11 is 0. The number of benzene rings is 1. The SMILES string of the molecule is CCOP(=O)(OCC)C1=CC(P(=O)(OCC)OCC)C(C=O)=CN1Cc1ccccc1. The van der Waals surface area contributed by atoms with Crippen LogP contribution in [-0.2, 0) is 38.6 Å². The fourth-order valence-electron chi connectivity index (χ4n) is 3.25. The van der Waals surface area contributed by atoms with Crippen LogP contribution in [0.4, 0.5) is 0 Å². The molecule has 0 radical (unpaired) electrons. The Morgan fingerprint density at radius 3 is 1.94 bits per heavy atom. The third kappa shape index (κ3) is 6.26. The fourth-order valence-corrected chi connectivity index (χ4v) is 7.10. The van der Waals surface area contributed by atoms with Gasteiger partial charge in [0.15, 0.2) is 0 Å². The Hall–Kier alpha value is -1.53. The Morgan fingerprint density at radius 2 is 1.45 bits per heavy atom. The molecule has 1 aromatic carbocycles. The van der Waals surface area contributed by atoms with Gasteiger partial charge in [0.1, 0.15) is 17.4 Å². The van der Waals surface area contributed by atoms with Crippen molar-refractivity contribution in [2.24, 2.45) is 0 Å². The largest absolute Gasteiger partial charge is 0.377 e. The van der Waals surface area contributed by atoms with Gasteiger partial charge >= 0.3 is 15.2 Å². The molecule has 2 rings (SSSR count). The average Bonchev–Trinajstić information content (AvgIpc) is 2.74. The summed E-state index contributed by atoms with van der Waals surface area (Å²) in [6.45, 7) is 7.69. The smallest absolute Gasteiger partial charge is 0.337 e. The first-order valence-electron chi connectivity index (χ1n) is 10.3. The van der Waals surface area contributed by atoms with E-state index in [1.807, 2.05) is 30.3 Å². The molecule has 0 N–H and O–H groups in total. The van der Waals surface area contributed by atoms with Gasteiger partial charge in [0.2, 0.25) is 0 Å². The lowest BCUT2D eigenvalue weighted by Crippen LogP contribution is -2.28. The quantitative estimate of drug-likeness (QED) is 0.282. The van der Waals surface area contributed by atoms with Crippen molar-refractivity contribution in [3.63, 3.8) is 0 Å². The standard InChI is InChI=1S/C21H31NO7P2/c1-5-26-30(24,27-6-2)20-14-21(31(25,28-7-3)29-8-4)22(16-19(20)17-23)15-18-12-10-9-11-13-18/h9-14,16-17,20H,5-8,15H2,1-4H3. The summed E-state index contributed by atoms with van der Waals surface area (Å²) in [5.41, 5.74) is 0.298. The normalized spacial score (nSPS) is 17.3. The Labute approximate surface area is 184 Å². The van der Waals surface area contributed by atoms with Gasteiger partial charge in [0.25, 0.3) is 0 Å². The monoisotopic (exact) mass is 471 g/mol. The van der Waals surface area contributed by atoms with Crippen LogP contribution in [0.2, 0.25) is 0 Å². The van der Waals surface area contributed by atoms with Crippen LogP contribution < -0.4 is 0 Å². The summed E-state index contributed by atoms with van der Waals surface area (Å²) in [6.07, 6.45) is 3.62. The van der Waals surface area contributed by atoms with E-state index in [0.29, 0.717) is 12.8 Å². The van der Waals surface area contributed by atoms with E-state index in [0.717, 1.165) is 5.56 Å². The summed E-state index contributed by atoms with van der Waals surface area (Å²) in [5.74, 6) is 0. The first kappa shape index (κ1) is 25.7. The van der Waals surface area contributed by atoms with E-state index in [9.17, 15) is 13.9 Å². The van der Waals surface area contributed by atoms with Crippen molar-refractivity contribution in [2.75, 3.05) is 26.4 Å². The van der Waals surface area contributed by atoms with Gasteiger partial charge in [-0.1, -0.05) is 30.3 Å². The maximum absolute atomic E-state index is 13.7. The lowest BCUT2D eigenvalue weighted by Gasteiger charge is -2.35. The lowest BCUT2D eigenvalue weighted by molar-refractivity contribution is -0.105. The molecule has 8 nitrogen and oxygen atoms in total. The highest BCUT2D eigenvalue weighted by atomic mass is 31.2. The second-order valence-electron chi connectivity index (χ2n) is 6.54. The van der Waals surface area contributed by atoms with Crippen LogP contribution in [0.3, 0.4) is 0 Å². The predicted octanol–water partition coefficient (Wildman–Crippen LogP) is 5.33. The van der Waals surface area contributed by atoms with Crippen molar-refractivity contribution >= 4 is 21.5 Å². The van der Waals surface area contributed by atoms with Gasteiger partial charge in [-0.2, -0.15) is 0 Å². The second-order valence-corrected chi connectivity index (χ2v) is 10.7. The molecule has 0 saturated heterocycles. The van der Waals surface area contributed by atoms with Crippen molar-refractivity contribution < 1.29 is 32.0 Å². The molecule has 0 saturated carbocycles. The molecule has 1 aromatic rings. The molecule has 1 unspecified atom stereocenters. The maximum atomic E-state index is 13.7. The third-order valence-electron chi connectivity index (χ3n) is 4.42. The summed E-state index contributed by atoms with van der Waals surface area (Å²) in [5, 5.41) is 0. The molecule has 0 aliphatic carbocycles. The summed E-state index contributed by atoms with van der Waals surface area (Å²) in [7, 11) is -7.53. The number of carbonyl (C=O) groups excluding carboxylic acids is 1. The van der Waals surface area contributed by atoms with E-state index in [-0.39, 0.29) is 37.4 Å². The highest BCUT2D eigenvalue weighted by molar-refractivity contribution is 7.58. The van der Waals surface area contributed by atoms with Crippen LogP contribution in [0.5, 0.6) is 0 Å². The predicted molar refractivity (Wildman–Crippen MR) is 120 cm³/mol. The zero-order valence-electron chi connectivity index (χ0n) is 18.4. The first-order valence-corrected chi connectivity index (χ1v) is 13.5. The Kier molecular flexibility index (Phi) is 9.89.